The second-order valence-corrected chi connectivity index (χ2v) is 6.37. The van der Waals surface area contributed by atoms with Gasteiger partial charge in [-0.05, 0) is 18.9 Å². The summed E-state index contributed by atoms with van der Waals surface area (Å²) in [6.45, 7) is 4.72. The van der Waals surface area contributed by atoms with E-state index in [4.69, 9.17) is 9.47 Å². The molecule has 0 aliphatic carbocycles. The molecular formula is C17H26N4O2. The van der Waals surface area contributed by atoms with Crippen LogP contribution in [0.4, 0.5) is 0 Å². The normalized spacial score (nSPS) is 24.4. The Morgan fingerprint density at radius 2 is 2.39 bits per heavy atom. The third-order valence-corrected chi connectivity index (χ3v) is 4.79. The van der Waals surface area contributed by atoms with E-state index in [2.05, 4.69) is 20.2 Å². The van der Waals surface area contributed by atoms with Crippen molar-refractivity contribution in [3.8, 4) is 5.88 Å². The molecule has 2 saturated heterocycles. The van der Waals surface area contributed by atoms with Gasteiger partial charge in [0.25, 0.3) is 0 Å². The second-order valence-electron chi connectivity index (χ2n) is 6.37. The lowest BCUT2D eigenvalue weighted by molar-refractivity contribution is 0.156. The Balaban J connectivity index is 1.50. The topological polar surface area (TPSA) is 59.0 Å². The lowest BCUT2D eigenvalue weighted by atomic mass is 9.87. The number of aliphatic imine (C=N–C) groups is 1. The molecule has 1 spiro atoms. The van der Waals surface area contributed by atoms with Crippen LogP contribution in [-0.2, 0) is 11.2 Å². The molecule has 0 amide bonds. The van der Waals surface area contributed by atoms with Crippen LogP contribution in [0.25, 0.3) is 0 Å². The lowest BCUT2D eigenvalue weighted by Crippen LogP contribution is -2.42. The van der Waals surface area contributed by atoms with E-state index < -0.39 is 0 Å². The van der Waals surface area contributed by atoms with E-state index in [0.29, 0.717) is 11.3 Å². The van der Waals surface area contributed by atoms with E-state index in [0.717, 1.165) is 50.9 Å². The maximum absolute atomic E-state index is 5.60. The maximum atomic E-state index is 5.60. The van der Waals surface area contributed by atoms with Gasteiger partial charge in [0.2, 0.25) is 5.88 Å². The van der Waals surface area contributed by atoms with Gasteiger partial charge in [-0.25, -0.2) is 4.98 Å². The monoisotopic (exact) mass is 318 g/mol. The van der Waals surface area contributed by atoms with Crippen molar-refractivity contribution >= 4 is 5.96 Å². The fourth-order valence-corrected chi connectivity index (χ4v) is 3.43. The Bertz CT molecular complexity index is 555. The predicted octanol–water partition coefficient (Wildman–Crippen LogP) is 1.32. The largest absolute Gasteiger partial charge is 0.481 e. The minimum absolute atomic E-state index is 0.353. The van der Waals surface area contributed by atoms with Gasteiger partial charge in [-0.1, -0.05) is 6.07 Å². The summed E-state index contributed by atoms with van der Waals surface area (Å²) in [6.07, 6.45) is 3.22. The number of nitrogens with one attached hydrogen (secondary N) is 1. The zero-order valence-electron chi connectivity index (χ0n) is 14.0. The summed E-state index contributed by atoms with van der Waals surface area (Å²) in [6, 6.07) is 5.86. The van der Waals surface area contributed by atoms with Gasteiger partial charge in [0.15, 0.2) is 5.96 Å². The molecule has 0 bridgehead atoms. The number of aromatic nitrogens is 1. The van der Waals surface area contributed by atoms with E-state index in [-0.39, 0.29) is 0 Å². The minimum Gasteiger partial charge on any atom is -0.481 e. The van der Waals surface area contributed by atoms with Crippen LogP contribution in [0.1, 0.15) is 18.5 Å². The number of guanidine groups is 1. The van der Waals surface area contributed by atoms with E-state index >= 15 is 0 Å². The summed E-state index contributed by atoms with van der Waals surface area (Å²) >= 11 is 0. The smallest absolute Gasteiger partial charge is 0.213 e. The first-order valence-corrected chi connectivity index (χ1v) is 8.28. The molecule has 1 aromatic heterocycles. The number of hydrogen-bond acceptors (Lipinski definition) is 4. The molecule has 1 N–H and O–H groups in total. The van der Waals surface area contributed by atoms with Crippen molar-refractivity contribution < 1.29 is 9.47 Å². The first-order valence-electron chi connectivity index (χ1n) is 8.28. The van der Waals surface area contributed by atoms with Crippen LogP contribution in [0.5, 0.6) is 5.88 Å². The molecule has 1 aromatic rings. The van der Waals surface area contributed by atoms with Gasteiger partial charge in [-0.3, -0.25) is 4.99 Å². The van der Waals surface area contributed by atoms with Crippen LogP contribution >= 0.6 is 0 Å². The molecule has 6 nitrogen and oxygen atoms in total. The molecule has 0 aromatic carbocycles. The average Bonchev–Trinajstić information content (AvgIpc) is 3.22. The fourth-order valence-electron chi connectivity index (χ4n) is 3.43. The van der Waals surface area contributed by atoms with Crippen molar-refractivity contribution in [2.24, 2.45) is 10.4 Å². The molecule has 3 heterocycles. The second kappa shape index (κ2) is 7.17. The number of ether oxygens (including phenoxy) is 2. The van der Waals surface area contributed by atoms with Crippen molar-refractivity contribution in [3.05, 3.63) is 23.9 Å². The number of hydrogen-bond donors (Lipinski definition) is 1. The summed E-state index contributed by atoms with van der Waals surface area (Å²) in [7, 11) is 3.49. The fraction of sp³-hybridized carbons (Fsp3) is 0.647. The minimum atomic E-state index is 0.353. The van der Waals surface area contributed by atoms with Crippen molar-refractivity contribution in [2.75, 3.05) is 47.0 Å². The van der Waals surface area contributed by atoms with Gasteiger partial charge >= 0.3 is 0 Å². The third kappa shape index (κ3) is 3.75. The summed E-state index contributed by atoms with van der Waals surface area (Å²) < 4.78 is 10.8. The summed E-state index contributed by atoms with van der Waals surface area (Å²) in [4.78, 5) is 11.2. The van der Waals surface area contributed by atoms with Gasteiger partial charge < -0.3 is 19.7 Å². The summed E-state index contributed by atoms with van der Waals surface area (Å²) in [5.41, 5.74) is 1.38. The molecule has 3 rings (SSSR count). The van der Waals surface area contributed by atoms with E-state index in [1.165, 1.54) is 12.8 Å². The molecule has 0 saturated carbocycles. The quantitative estimate of drug-likeness (QED) is 0.670. The zero-order valence-corrected chi connectivity index (χ0v) is 14.0. The molecule has 1 unspecified atom stereocenters. The Morgan fingerprint density at radius 3 is 3.13 bits per heavy atom. The van der Waals surface area contributed by atoms with Gasteiger partial charge in [0.1, 0.15) is 0 Å². The molecule has 23 heavy (non-hydrogen) atoms. The van der Waals surface area contributed by atoms with Crippen LogP contribution in [0.3, 0.4) is 0 Å². The summed E-state index contributed by atoms with van der Waals surface area (Å²) in [5.74, 6) is 1.64. The van der Waals surface area contributed by atoms with E-state index in [1.807, 2.05) is 25.2 Å². The number of likely N-dealkylation sites (tertiary alicyclic amines) is 1. The van der Waals surface area contributed by atoms with Crippen LogP contribution in [0.15, 0.2) is 23.2 Å². The standard InChI is InChI=1S/C17H26N4O2/c1-18-16(21-10-7-17(12-21)8-11-23-13-17)19-9-6-14-4-3-5-15(20-14)22-2/h3-5H,6-13H2,1-2H3,(H,18,19). The Morgan fingerprint density at radius 1 is 1.48 bits per heavy atom. The first-order chi connectivity index (χ1) is 11.2. The lowest BCUT2D eigenvalue weighted by Gasteiger charge is -2.24. The molecule has 6 heteroatoms. The Kier molecular flexibility index (Phi) is 5.00. The molecule has 0 radical (unpaired) electrons. The number of pyridine rings is 1. The van der Waals surface area contributed by atoms with Crippen LogP contribution < -0.4 is 10.1 Å². The molecular weight excluding hydrogens is 292 g/mol. The van der Waals surface area contributed by atoms with Crippen LogP contribution in [0, 0.1) is 5.41 Å². The molecule has 2 aliphatic rings. The molecule has 2 fully saturated rings. The zero-order chi connectivity index (χ0) is 16.1. The van der Waals surface area contributed by atoms with Gasteiger partial charge in [0, 0.05) is 56.9 Å². The van der Waals surface area contributed by atoms with Crippen molar-refractivity contribution in [1.29, 1.82) is 0 Å². The van der Waals surface area contributed by atoms with Crippen molar-refractivity contribution in [1.82, 2.24) is 15.2 Å². The van der Waals surface area contributed by atoms with Crippen LogP contribution in [-0.4, -0.2) is 62.8 Å². The Hall–Kier alpha value is -1.82. The maximum Gasteiger partial charge on any atom is 0.213 e. The predicted molar refractivity (Wildman–Crippen MR) is 89.9 cm³/mol. The Labute approximate surface area is 137 Å². The van der Waals surface area contributed by atoms with E-state index in [9.17, 15) is 0 Å². The highest BCUT2D eigenvalue weighted by atomic mass is 16.5. The summed E-state index contributed by atoms with van der Waals surface area (Å²) in [5, 5.41) is 3.46. The van der Waals surface area contributed by atoms with Gasteiger partial charge in [-0.2, -0.15) is 0 Å². The SMILES string of the molecule is CN=C(NCCc1cccc(OC)n1)N1CCC2(CCOC2)C1. The average molecular weight is 318 g/mol. The highest BCUT2D eigenvalue weighted by Gasteiger charge is 2.42. The van der Waals surface area contributed by atoms with Crippen molar-refractivity contribution in [2.45, 2.75) is 19.3 Å². The van der Waals surface area contributed by atoms with Crippen molar-refractivity contribution in [3.63, 3.8) is 0 Å². The van der Waals surface area contributed by atoms with E-state index in [1.54, 1.807) is 7.11 Å². The number of rotatable bonds is 4. The third-order valence-electron chi connectivity index (χ3n) is 4.79. The first kappa shape index (κ1) is 16.1. The highest BCUT2D eigenvalue weighted by Crippen LogP contribution is 2.38. The van der Waals surface area contributed by atoms with Crippen LogP contribution in [0.2, 0.25) is 0 Å². The molecule has 1 atom stereocenters. The molecule has 126 valence electrons. The molecule has 2 aliphatic heterocycles. The highest BCUT2D eigenvalue weighted by molar-refractivity contribution is 5.80. The van der Waals surface area contributed by atoms with Gasteiger partial charge in [-0.15, -0.1) is 0 Å². The van der Waals surface area contributed by atoms with Gasteiger partial charge in [0.05, 0.1) is 13.7 Å². The number of methoxy groups -OCH3 is 1. The number of nitrogens with zero attached hydrogens (tertiary/aromatic N) is 3.